The van der Waals surface area contributed by atoms with Crippen molar-refractivity contribution in [2.75, 3.05) is 0 Å². The van der Waals surface area contributed by atoms with Crippen LogP contribution in [0, 0.1) is 34.5 Å². The van der Waals surface area contributed by atoms with Crippen LogP contribution in [0.5, 0.6) is 0 Å². The number of carbonyl (C=O) groups excluding carboxylic acids is 3. The van der Waals surface area contributed by atoms with Crippen LogP contribution in [0.4, 0.5) is 0 Å². The van der Waals surface area contributed by atoms with E-state index in [1.807, 2.05) is 0 Å². The number of hydrogen-bond acceptors (Lipinski definition) is 5. The Morgan fingerprint density at radius 1 is 0.893 bits per heavy atom. The Morgan fingerprint density at radius 2 is 1.57 bits per heavy atom. The summed E-state index contributed by atoms with van der Waals surface area (Å²) >= 11 is 0. The summed E-state index contributed by atoms with van der Waals surface area (Å²) in [5.41, 5.74) is 0.133. The van der Waals surface area contributed by atoms with E-state index in [1.165, 1.54) is 20.3 Å². The third-order valence-electron chi connectivity index (χ3n) is 9.03. The Morgan fingerprint density at radius 3 is 2.25 bits per heavy atom. The fourth-order valence-electron chi connectivity index (χ4n) is 7.73. The van der Waals surface area contributed by atoms with Crippen LogP contribution in [0.15, 0.2) is 0 Å². The molecule has 0 bridgehead atoms. The average molecular weight is 391 g/mol. The van der Waals surface area contributed by atoms with Gasteiger partial charge in [-0.2, -0.15) is 0 Å². The Labute approximate surface area is 167 Å². The number of esters is 2. The first-order valence-electron chi connectivity index (χ1n) is 11.0. The first-order chi connectivity index (χ1) is 13.1. The van der Waals surface area contributed by atoms with E-state index < -0.39 is 6.10 Å². The molecule has 8 atom stereocenters. The number of ketones is 1. The first-order valence-corrected chi connectivity index (χ1v) is 11.0. The van der Waals surface area contributed by atoms with Crippen molar-refractivity contribution in [3.8, 4) is 0 Å². The summed E-state index contributed by atoms with van der Waals surface area (Å²) in [6.45, 7) is 7.58. The molecule has 4 aliphatic rings. The fraction of sp³-hybridized carbons (Fsp3) is 0.870. The standard InChI is InChI=1S/C23H34O5/c1-13(24)27-20-12-23(4)15(11-19(20)26)5-6-16-17-7-8-21(28-14(2)25)22(17,3)10-9-18(16)23/h15-18,20-21H,5-12H2,1-4H3/t15-,16+,17+,18+,20-,21+,22+,23+/m1/s1. The summed E-state index contributed by atoms with van der Waals surface area (Å²) in [6, 6.07) is 0. The summed E-state index contributed by atoms with van der Waals surface area (Å²) in [4.78, 5) is 35.6. The lowest BCUT2D eigenvalue weighted by Gasteiger charge is -2.60. The molecule has 5 nitrogen and oxygen atoms in total. The summed E-state index contributed by atoms with van der Waals surface area (Å²) in [5, 5.41) is 0. The van der Waals surface area contributed by atoms with Crippen molar-refractivity contribution >= 4 is 17.7 Å². The second kappa shape index (κ2) is 6.84. The summed E-state index contributed by atoms with van der Waals surface area (Å²) in [6.07, 6.45) is 7.25. The number of carbonyl (C=O) groups is 3. The number of ether oxygens (including phenoxy) is 2. The van der Waals surface area contributed by atoms with Gasteiger partial charge < -0.3 is 9.47 Å². The number of hydrogen-bond donors (Lipinski definition) is 0. The minimum absolute atomic E-state index is 0.0446. The molecule has 0 radical (unpaired) electrons. The highest BCUT2D eigenvalue weighted by atomic mass is 16.5. The predicted octanol–water partition coefficient (Wildman–Crippen LogP) is 4.07. The average Bonchev–Trinajstić information content (AvgIpc) is 2.92. The highest BCUT2D eigenvalue weighted by molar-refractivity contribution is 5.86. The minimum atomic E-state index is -0.566. The first kappa shape index (κ1) is 19.9. The topological polar surface area (TPSA) is 69.7 Å². The van der Waals surface area contributed by atoms with E-state index in [1.54, 1.807) is 0 Å². The van der Waals surface area contributed by atoms with Crippen molar-refractivity contribution in [2.45, 2.75) is 91.3 Å². The molecular weight excluding hydrogens is 356 g/mol. The number of Topliss-reactive ketones (excluding diaryl/α,β-unsaturated/α-hetero) is 1. The molecule has 0 aromatic carbocycles. The lowest BCUT2D eigenvalue weighted by molar-refractivity contribution is -0.175. The molecule has 4 rings (SSSR count). The number of fused-ring (bicyclic) bond motifs is 5. The van der Waals surface area contributed by atoms with E-state index >= 15 is 0 Å². The smallest absolute Gasteiger partial charge is 0.303 e. The molecule has 4 saturated carbocycles. The van der Waals surface area contributed by atoms with Crippen LogP contribution in [0.3, 0.4) is 0 Å². The van der Waals surface area contributed by atoms with Gasteiger partial charge in [0.05, 0.1) is 0 Å². The van der Waals surface area contributed by atoms with Crippen molar-refractivity contribution in [2.24, 2.45) is 34.5 Å². The molecule has 5 heteroatoms. The van der Waals surface area contributed by atoms with Crippen molar-refractivity contribution < 1.29 is 23.9 Å². The summed E-state index contributed by atoms with van der Waals surface area (Å²) in [7, 11) is 0. The van der Waals surface area contributed by atoms with E-state index in [9.17, 15) is 14.4 Å². The molecule has 4 fully saturated rings. The van der Waals surface area contributed by atoms with Crippen molar-refractivity contribution in [1.29, 1.82) is 0 Å². The van der Waals surface area contributed by atoms with Crippen molar-refractivity contribution in [3.63, 3.8) is 0 Å². The van der Waals surface area contributed by atoms with Gasteiger partial charge in [0.15, 0.2) is 11.9 Å². The molecule has 0 aliphatic heterocycles. The SMILES string of the molecule is CC(=O)O[C@H]1CC[C@H]2[C@@H]3CC[C@@H]4CC(=O)[C@H](OC(C)=O)C[C@]4(C)[C@H]3CC[C@]12C. The molecule has 0 saturated heterocycles. The van der Waals surface area contributed by atoms with Gasteiger partial charge in [-0.05, 0) is 74.0 Å². The third-order valence-corrected chi connectivity index (χ3v) is 9.03. The van der Waals surface area contributed by atoms with Gasteiger partial charge in [0, 0.05) is 25.7 Å². The molecule has 28 heavy (non-hydrogen) atoms. The maximum Gasteiger partial charge on any atom is 0.303 e. The molecule has 0 heterocycles. The third kappa shape index (κ3) is 3.00. The largest absolute Gasteiger partial charge is 0.462 e. The van der Waals surface area contributed by atoms with E-state index in [2.05, 4.69) is 13.8 Å². The van der Waals surface area contributed by atoms with Crippen LogP contribution in [0.1, 0.15) is 79.1 Å². The van der Waals surface area contributed by atoms with Crippen molar-refractivity contribution in [3.05, 3.63) is 0 Å². The normalized spacial score (nSPS) is 47.5. The van der Waals surface area contributed by atoms with Crippen LogP contribution in [-0.4, -0.2) is 29.9 Å². The van der Waals surface area contributed by atoms with Gasteiger partial charge in [0.2, 0.25) is 0 Å². The van der Waals surface area contributed by atoms with Crippen LogP contribution in [0.25, 0.3) is 0 Å². The predicted molar refractivity (Wildman–Crippen MR) is 103 cm³/mol. The van der Waals surface area contributed by atoms with Crippen LogP contribution < -0.4 is 0 Å². The van der Waals surface area contributed by atoms with Crippen molar-refractivity contribution in [1.82, 2.24) is 0 Å². The monoisotopic (exact) mass is 390 g/mol. The minimum Gasteiger partial charge on any atom is -0.462 e. The highest BCUT2D eigenvalue weighted by Crippen LogP contribution is 2.66. The second-order valence-electron chi connectivity index (χ2n) is 10.3. The van der Waals surface area contributed by atoms with Crippen LogP contribution in [0.2, 0.25) is 0 Å². The highest BCUT2D eigenvalue weighted by Gasteiger charge is 2.62. The maximum atomic E-state index is 12.5. The second-order valence-corrected chi connectivity index (χ2v) is 10.3. The molecular formula is C23H34O5. The number of rotatable bonds is 2. The molecule has 0 spiro atoms. The molecule has 0 aromatic heterocycles. The fourth-order valence-corrected chi connectivity index (χ4v) is 7.73. The summed E-state index contributed by atoms with van der Waals surface area (Å²) in [5.74, 6) is 1.75. The Hall–Kier alpha value is -1.39. The Bertz CT molecular complexity index is 686. The Balaban J connectivity index is 1.58. The molecule has 0 amide bonds. The van der Waals surface area contributed by atoms with Crippen LogP contribution in [-0.2, 0) is 23.9 Å². The zero-order valence-corrected chi connectivity index (χ0v) is 17.7. The molecule has 4 aliphatic carbocycles. The maximum absolute atomic E-state index is 12.5. The molecule has 156 valence electrons. The zero-order valence-electron chi connectivity index (χ0n) is 17.7. The quantitative estimate of drug-likeness (QED) is 0.665. The Kier molecular flexibility index (Phi) is 4.86. The van der Waals surface area contributed by atoms with Gasteiger partial charge in [-0.1, -0.05) is 13.8 Å². The van der Waals surface area contributed by atoms with Gasteiger partial charge in [0.25, 0.3) is 0 Å². The van der Waals surface area contributed by atoms with E-state index in [0.717, 1.165) is 32.1 Å². The van der Waals surface area contributed by atoms with Gasteiger partial charge >= 0.3 is 11.9 Å². The van der Waals surface area contributed by atoms with Gasteiger partial charge in [-0.25, -0.2) is 0 Å². The van der Waals surface area contributed by atoms with E-state index in [-0.39, 0.29) is 34.7 Å². The zero-order chi connectivity index (χ0) is 20.3. The van der Waals surface area contributed by atoms with Gasteiger partial charge in [-0.15, -0.1) is 0 Å². The van der Waals surface area contributed by atoms with Gasteiger partial charge in [0.1, 0.15) is 6.10 Å². The molecule has 0 N–H and O–H groups in total. The van der Waals surface area contributed by atoms with Crippen LogP contribution >= 0.6 is 0 Å². The molecule has 0 aromatic rings. The summed E-state index contributed by atoms with van der Waals surface area (Å²) < 4.78 is 11.1. The lowest BCUT2D eigenvalue weighted by Crippen LogP contribution is -2.56. The molecule has 0 unspecified atom stereocenters. The van der Waals surface area contributed by atoms with Gasteiger partial charge in [-0.3, -0.25) is 14.4 Å². The van der Waals surface area contributed by atoms with E-state index in [0.29, 0.717) is 36.5 Å². The van der Waals surface area contributed by atoms with E-state index in [4.69, 9.17) is 9.47 Å². The lowest BCUT2D eigenvalue weighted by atomic mass is 9.45.